The summed E-state index contributed by atoms with van der Waals surface area (Å²) in [6.45, 7) is 5.51. The minimum atomic E-state index is -0.894. The summed E-state index contributed by atoms with van der Waals surface area (Å²) in [7, 11) is 0. The van der Waals surface area contributed by atoms with E-state index in [1.54, 1.807) is 12.1 Å². The highest BCUT2D eigenvalue weighted by Gasteiger charge is 2.54. The Bertz CT molecular complexity index is 583. The molecule has 0 unspecified atom stereocenters. The summed E-state index contributed by atoms with van der Waals surface area (Å²) in [6, 6.07) is 5.30. The van der Waals surface area contributed by atoms with Crippen molar-refractivity contribution in [1.29, 1.82) is 5.26 Å². The first-order valence-corrected chi connectivity index (χ1v) is 6.96. The minimum absolute atomic E-state index is 0.238. The first-order valence-electron chi connectivity index (χ1n) is 6.96. The van der Waals surface area contributed by atoms with Crippen molar-refractivity contribution in [3.8, 4) is 6.07 Å². The van der Waals surface area contributed by atoms with E-state index in [9.17, 15) is 5.11 Å². The van der Waals surface area contributed by atoms with Gasteiger partial charge < -0.3 is 19.3 Å². The highest BCUT2D eigenvalue weighted by atomic mass is 16.8. The van der Waals surface area contributed by atoms with Gasteiger partial charge in [0, 0.05) is 6.20 Å². The van der Waals surface area contributed by atoms with E-state index in [-0.39, 0.29) is 12.2 Å². The lowest BCUT2D eigenvalue weighted by atomic mass is 9.93. The van der Waals surface area contributed by atoms with Gasteiger partial charge in [-0.3, -0.25) is 4.98 Å². The Morgan fingerprint density at radius 1 is 1.33 bits per heavy atom. The lowest BCUT2D eigenvalue weighted by molar-refractivity contribution is -0.185. The van der Waals surface area contributed by atoms with Gasteiger partial charge >= 0.3 is 0 Å². The van der Waals surface area contributed by atoms with Crippen molar-refractivity contribution in [2.75, 3.05) is 0 Å². The van der Waals surface area contributed by atoms with E-state index in [2.05, 4.69) is 11.1 Å². The molecule has 2 saturated heterocycles. The molecule has 5 atom stereocenters. The molecule has 0 aromatic carbocycles. The quantitative estimate of drug-likeness (QED) is 0.839. The smallest absolute Gasteiger partial charge is 0.164 e. The van der Waals surface area contributed by atoms with Crippen molar-refractivity contribution in [2.24, 2.45) is 0 Å². The normalized spacial score (nSPS) is 37.8. The summed E-state index contributed by atoms with van der Waals surface area (Å²) < 4.78 is 17.4. The summed E-state index contributed by atoms with van der Waals surface area (Å²) in [4.78, 5) is 4.21. The number of ether oxygens (including phenoxy) is 3. The second kappa shape index (κ2) is 5.04. The van der Waals surface area contributed by atoms with Crippen LogP contribution in [-0.4, -0.2) is 40.3 Å². The van der Waals surface area contributed by atoms with Crippen molar-refractivity contribution in [1.82, 2.24) is 4.98 Å². The monoisotopic (exact) mass is 290 g/mol. The van der Waals surface area contributed by atoms with Crippen LogP contribution >= 0.6 is 0 Å². The number of pyridine rings is 1. The predicted octanol–water partition coefficient (Wildman–Crippen LogP) is 1.29. The van der Waals surface area contributed by atoms with E-state index in [0.717, 1.165) is 0 Å². The lowest BCUT2D eigenvalue weighted by Crippen LogP contribution is -2.51. The second-order valence-electron chi connectivity index (χ2n) is 5.90. The van der Waals surface area contributed by atoms with E-state index >= 15 is 0 Å². The zero-order valence-corrected chi connectivity index (χ0v) is 12.2. The number of aromatic nitrogens is 1. The van der Waals surface area contributed by atoms with Gasteiger partial charge in [-0.15, -0.1) is 0 Å². The van der Waals surface area contributed by atoms with Gasteiger partial charge in [-0.25, -0.2) is 0 Å². The lowest BCUT2D eigenvalue weighted by Gasteiger charge is -2.38. The number of nitriles is 1. The first-order chi connectivity index (χ1) is 9.91. The molecule has 1 N–H and O–H groups in total. The molecule has 3 rings (SSSR count). The largest absolute Gasteiger partial charge is 0.387 e. The zero-order valence-electron chi connectivity index (χ0n) is 12.2. The van der Waals surface area contributed by atoms with Gasteiger partial charge in [0.05, 0.1) is 23.4 Å². The van der Waals surface area contributed by atoms with Crippen LogP contribution in [0.15, 0.2) is 18.3 Å². The third-order valence-electron chi connectivity index (χ3n) is 3.84. The molecule has 2 fully saturated rings. The van der Waals surface area contributed by atoms with E-state index < -0.39 is 24.1 Å². The van der Waals surface area contributed by atoms with Crippen molar-refractivity contribution >= 4 is 0 Å². The van der Waals surface area contributed by atoms with Gasteiger partial charge in [0.1, 0.15) is 24.4 Å². The number of fused-ring (bicyclic) bond motifs is 1. The number of rotatable bonds is 1. The van der Waals surface area contributed by atoms with Gasteiger partial charge in [0.25, 0.3) is 0 Å². The van der Waals surface area contributed by atoms with Gasteiger partial charge in [0.2, 0.25) is 0 Å². The van der Waals surface area contributed by atoms with E-state index in [1.165, 1.54) is 6.20 Å². The molecule has 1 aromatic heterocycles. The molecule has 3 heterocycles. The number of aliphatic hydroxyl groups excluding tert-OH is 1. The average Bonchev–Trinajstić information content (AvgIpc) is 2.79. The maximum Gasteiger partial charge on any atom is 0.164 e. The fraction of sp³-hybridized carbons (Fsp3) is 0.600. The van der Waals surface area contributed by atoms with Crippen molar-refractivity contribution in [3.05, 3.63) is 29.6 Å². The maximum atomic E-state index is 10.6. The maximum absolute atomic E-state index is 10.6. The Hall–Kier alpha value is -1.52. The molecule has 6 heteroatoms. The van der Waals surface area contributed by atoms with Crippen molar-refractivity contribution in [2.45, 2.75) is 57.1 Å². The third kappa shape index (κ3) is 2.54. The molecule has 1 aromatic rings. The van der Waals surface area contributed by atoms with E-state index in [0.29, 0.717) is 11.3 Å². The first kappa shape index (κ1) is 14.4. The molecule has 0 aliphatic carbocycles. The molecule has 0 radical (unpaired) electrons. The Balaban J connectivity index is 1.90. The Morgan fingerprint density at radius 2 is 2.05 bits per heavy atom. The van der Waals surface area contributed by atoms with Crippen LogP contribution in [0.1, 0.15) is 38.1 Å². The highest BCUT2D eigenvalue weighted by molar-refractivity contribution is 5.30. The molecule has 2 aliphatic rings. The van der Waals surface area contributed by atoms with Crippen LogP contribution in [0, 0.1) is 11.3 Å². The van der Waals surface area contributed by atoms with Crippen LogP contribution in [0.25, 0.3) is 0 Å². The van der Waals surface area contributed by atoms with Crippen LogP contribution < -0.4 is 0 Å². The van der Waals surface area contributed by atoms with Gasteiger partial charge in [-0.2, -0.15) is 5.26 Å². The summed E-state index contributed by atoms with van der Waals surface area (Å²) in [5.74, 6) is -0.745. The average molecular weight is 290 g/mol. The van der Waals surface area contributed by atoms with Gasteiger partial charge in [-0.05, 0) is 32.9 Å². The van der Waals surface area contributed by atoms with Crippen LogP contribution in [-0.2, 0) is 14.2 Å². The molecule has 0 bridgehead atoms. The van der Waals surface area contributed by atoms with Gasteiger partial charge in [-0.1, -0.05) is 0 Å². The number of aliphatic hydroxyl groups is 1. The Morgan fingerprint density at radius 3 is 2.76 bits per heavy atom. The molecule has 112 valence electrons. The molecule has 2 aliphatic heterocycles. The molecule has 21 heavy (non-hydrogen) atoms. The SMILES string of the molecule is C[C@H]1O[C@H](c2cc(C#N)ccn2)[C@H](O)[C@H]2OC(C)(C)O[C@H]21. The summed E-state index contributed by atoms with van der Waals surface area (Å²) in [5.41, 5.74) is 1.01. The number of hydrogen-bond donors (Lipinski definition) is 1. The van der Waals surface area contributed by atoms with E-state index in [1.807, 2.05) is 20.8 Å². The summed E-state index contributed by atoms with van der Waals surface area (Å²) in [5, 5.41) is 19.5. The molecular formula is C15H18N2O4. The molecular weight excluding hydrogens is 272 g/mol. The fourth-order valence-electron chi connectivity index (χ4n) is 2.92. The van der Waals surface area contributed by atoms with Gasteiger partial charge in [0.15, 0.2) is 5.79 Å². The number of nitrogens with zero attached hydrogens (tertiary/aromatic N) is 2. The molecule has 0 amide bonds. The molecule has 6 nitrogen and oxygen atoms in total. The topological polar surface area (TPSA) is 84.6 Å². The third-order valence-corrected chi connectivity index (χ3v) is 3.84. The summed E-state index contributed by atoms with van der Waals surface area (Å²) >= 11 is 0. The fourth-order valence-corrected chi connectivity index (χ4v) is 2.92. The van der Waals surface area contributed by atoms with Crippen molar-refractivity contribution < 1.29 is 19.3 Å². The summed E-state index contributed by atoms with van der Waals surface area (Å²) in [6.07, 6.45) is -1.01. The minimum Gasteiger partial charge on any atom is -0.387 e. The van der Waals surface area contributed by atoms with Crippen LogP contribution in [0.3, 0.4) is 0 Å². The second-order valence-corrected chi connectivity index (χ2v) is 5.90. The predicted molar refractivity (Wildman–Crippen MR) is 72.1 cm³/mol. The van der Waals surface area contributed by atoms with E-state index in [4.69, 9.17) is 19.5 Å². The molecule has 0 spiro atoms. The number of hydrogen-bond acceptors (Lipinski definition) is 6. The highest BCUT2D eigenvalue weighted by Crippen LogP contribution is 2.41. The van der Waals surface area contributed by atoms with Crippen LogP contribution in [0.2, 0.25) is 0 Å². The zero-order chi connectivity index (χ0) is 15.2. The van der Waals surface area contributed by atoms with Crippen LogP contribution in [0.4, 0.5) is 0 Å². The molecule has 0 saturated carbocycles. The van der Waals surface area contributed by atoms with Crippen LogP contribution in [0.5, 0.6) is 0 Å². The Labute approximate surface area is 123 Å². The Kier molecular flexibility index (Phi) is 3.46. The van der Waals surface area contributed by atoms with Crippen molar-refractivity contribution in [3.63, 3.8) is 0 Å². The standard InChI is InChI=1S/C15H18N2O4/c1-8-12-14(21-15(2,3)20-12)11(18)13(19-8)10-6-9(7-16)4-5-17-10/h4-6,8,11-14,18H,1-3H3/t8-,11+,12+,13-,14-/m1/s1.